The van der Waals surface area contributed by atoms with Gasteiger partial charge < -0.3 is 15.1 Å². The van der Waals surface area contributed by atoms with Gasteiger partial charge in [0, 0.05) is 13.1 Å². The van der Waals surface area contributed by atoms with E-state index in [4.69, 9.17) is 5.11 Å². The molecule has 4 heteroatoms. The van der Waals surface area contributed by atoms with Crippen LogP contribution in [0.25, 0.3) is 0 Å². The second-order valence-electron chi connectivity index (χ2n) is 4.98. The molecule has 4 nitrogen and oxygen atoms in total. The summed E-state index contributed by atoms with van der Waals surface area (Å²) in [5, 5.41) is 18.0. The van der Waals surface area contributed by atoms with Gasteiger partial charge in [-0.2, -0.15) is 0 Å². The van der Waals surface area contributed by atoms with Crippen LogP contribution in [-0.2, 0) is 4.79 Å². The molecular formula is C12H23NO3. The Morgan fingerprint density at radius 2 is 2.00 bits per heavy atom. The van der Waals surface area contributed by atoms with Crippen molar-refractivity contribution in [2.24, 2.45) is 5.92 Å². The van der Waals surface area contributed by atoms with Gasteiger partial charge in [0.2, 0.25) is 0 Å². The van der Waals surface area contributed by atoms with E-state index in [2.05, 4.69) is 4.90 Å². The molecule has 1 fully saturated rings. The quantitative estimate of drug-likeness (QED) is 0.721. The van der Waals surface area contributed by atoms with Crippen LogP contribution in [-0.4, -0.2) is 47.3 Å². The van der Waals surface area contributed by atoms with Gasteiger partial charge in [-0.1, -0.05) is 19.3 Å². The van der Waals surface area contributed by atoms with Crippen LogP contribution in [0.1, 0.15) is 38.5 Å². The Morgan fingerprint density at radius 1 is 1.38 bits per heavy atom. The SMILES string of the molecule is CN(CC(O)CC(=O)O)CC1CCCCC1. The molecule has 0 amide bonds. The van der Waals surface area contributed by atoms with Crippen LogP contribution < -0.4 is 0 Å². The van der Waals surface area contributed by atoms with Crippen LogP contribution in [0.3, 0.4) is 0 Å². The van der Waals surface area contributed by atoms with E-state index in [1.54, 1.807) is 0 Å². The van der Waals surface area contributed by atoms with Gasteiger partial charge in [0.15, 0.2) is 0 Å². The second kappa shape index (κ2) is 6.86. The van der Waals surface area contributed by atoms with Crippen LogP contribution in [0.5, 0.6) is 0 Å². The summed E-state index contributed by atoms with van der Waals surface area (Å²) in [7, 11) is 1.96. The number of aliphatic hydroxyl groups excluding tert-OH is 1. The highest BCUT2D eigenvalue weighted by atomic mass is 16.4. The Balaban J connectivity index is 2.18. The van der Waals surface area contributed by atoms with Gasteiger partial charge in [-0.15, -0.1) is 0 Å². The molecule has 1 unspecified atom stereocenters. The van der Waals surface area contributed by atoms with Crippen molar-refractivity contribution in [2.75, 3.05) is 20.1 Å². The average molecular weight is 229 g/mol. The minimum atomic E-state index is -0.932. The molecule has 0 aromatic heterocycles. The molecule has 0 bridgehead atoms. The van der Waals surface area contributed by atoms with E-state index in [9.17, 15) is 9.90 Å². The highest BCUT2D eigenvalue weighted by Gasteiger charge is 2.17. The topological polar surface area (TPSA) is 60.8 Å². The van der Waals surface area contributed by atoms with Gasteiger partial charge in [0.25, 0.3) is 0 Å². The van der Waals surface area contributed by atoms with Crippen LogP contribution in [0.4, 0.5) is 0 Å². The zero-order valence-electron chi connectivity index (χ0n) is 10.1. The third-order valence-electron chi connectivity index (χ3n) is 3.23. The van der Waals surface area contributed by atoms with Crippen molar-refractivity contribution >= 4 is 5.97 Å². The van der Waals surface area contributed by atoms with E-state index in [1.165, 1.54) is 32.1 Å². The monoisotopic (exact) mass is 229 g/mol. The highest BCUT2D eigenvalue weighted by molar-refractivity contribution is 5.67. The summed E-state index contributed by atoms with van der Waals surface area (Å²) in [5.41, 5.74) is 0. The first-order valence-electron chi connectivity index (χ1n) is 6.16. The summed E-state index contributed by atoms with van der Waals surface area (Å²) in [6, 6.07) is 0. The zero-order valence-corrected chi connectivity index (χ0v) is 10.1. The number of likely N-dealkylation sites (N-methyl/N-ethyl adjacent to an activating group) is 1. The number of aliphatic hydroxyl groups is 1. The fourth-order valence-electron chi connectivity index (χ4n) is 2.51. The van der Waals surface area contributed by atoms with E-state index >= 15 is 0 Å². The molecule has 1 aliphatic rings. The van der Waals surface area contributed by atoms with Crippen LogP contribution in [0.2, 0.25) is 0 Å². The minimum absolute atomic E-state index is 0.158. The van der Waals surface area contributed by atoms with Crippen molar-refractivity contribution in [3.8, 4) is 0 Å². The van der Waals surface area contributed by atoms with E-state index < -0.39 is 12.1 Å². The summed E-state index contributed by atoms with van der Waals surface area (Å²) < 4.78 is 0. The molecule has 0 aliphatic heterocycles. The number of aliphatic carboxylic acids is 1. The maximum atomic E-state index is 10.4. The van der Waals surface area contributed by atoms with Crippen molar-refractivity contribution in [3.63, 3.8) is 0 Å². The molecule has 0 radical (unpaired) electrons. The first-order chi connectivity index (χ1) is 7.58. The Bertz CT molecular complexity index is 214. The lowest BCUT2D eigenvalue weighted by atomic mass is 9.89. The van der Waals surface area contributed by atoms with Gasteiger partial charge in [0.05, 0.1) is 12.5 Å². The van der Waals surface area contributed by atoms with Gasteiger partial charge in [-0.05, 0) is 25.8 Å². The molecule has 94 valence electrons. The molecule has 0 saturated heterocycles. The first kappa shape index (κ1) is 13.5. The van der Waals surface area contributed by atoms with E-state index in [-0.39, 0.29) is 6.42 Å². The fraction of sp³-hybridized carbons (Fsp3) is 0.917. The standard InChI is InChI=1S/C12H23NO3/c1-13(9-11(14)7-12(15)16)8-10-5-3-2-4-6-10/h10-11,14H,2-9H2,1H3,(H,15,16). The maximum absolute atomic E-state index is 10.4. The smallest absolute Gasteiger partial charge is 0.306 e. The Labute approximate surface area is 97.3 Å². The van der Waals surface area contributed by atoms with E-state index in [1.807, 2.05) is 7.05 Å². The summed E-state index contributed by atoms with van der Waals surface area (Å²) >= 11 is 0. The predicted molar refractivity (Wildman–Crippen MR) is 62.3 cm³/mol. The summed E-state index contributed by atoms with van der Waals surface area (Å²) in [5.74, 6) is -0.200. The maximum Gasteiger partial charge on any atom is 0.306 e. The lowest BCUT2D eigenvalue weighted by molar-refractivity contribution is -0.139. The molecule has 0 heterocycles. The number of carboxylic acids is 1. The van der Waals surface area contributed by atoms with Crippen molar-refractivity contribution in [1.29, 1.82) is 0 Å². The summed E-state index contributed by atoms with van der Waals surface area (Å²) in [6.07, 6.45) is 5.63. The molecule has 0 aromatic rings. The van der Waals surface area contributed by atoms with Gasteiger partial charge in [-0.3, -0.25) is 4.79 Å². The van der Waals surface area contributed by atoms with Crippen LogP contribution in [0, 0.1) is 5.92 Å². The molecule has 1 rings (SSSR count). The molecular weight excluding hydrogens is 206 g/mol. The molecule has 1 atom stereocenters. The molecule has 0 spiro atoms. The highest BCUT2D eigenvalue weighted by Crippen LogP contribution is 2.24. The number of hydrogen-bond acceptors (Lipinski definition) is 3. The van der Waals surface area contributed by atoms with Gasteiger partial charge >= 0.3 is 5.97 Å². The third-order valence-corrected chi connectivity index (χ3v) is 3.23. The fourth-order valence-corrected chi connectivity index (χ4v) is 2.51. The molecule has 16 heavy (non-hydrogen) atoms. The Morgan fingerprint density at radius 3 is 2.56 bits per heavy atom. The first-order valence-corrected chi connectivity index (χ1v) is 6.16. The average Bonchev–Trinajstić information content (AvgIpc) is 2.17. The molecule has 1 aliphatic carbocycles. The molecule has 1 saturated carbocycles. The largest absolute Gasteiger partial charge is 0.481 e. The predicted octanol–water partition coefficient (Wildman–Crippen LogP) is 1.33. The zero-order chi connectivity index (χ0) is 12.0. The molecule has 0 aromatic carbocycles. The Kier molecular flexibility index (Phi) is 5.77. The lowest BCUT2D eigenvalue weighted by Gasteiger charge is -2.27. The normalized spacial score (nSPS) is 19.9. The minimum Gasteiger partial charge on any atom is -0.481 e. The number of carboxylic acid groups (broad SMARTS) is 1. The van der Waals surface area contributed by atoms with Crippen molar-refractivity contribution in [3.05, 3.63) is 0 Å². The summed E-state index contributed by atoms with van der Waals surface area (Å²) in [4.78, 5) is 12.5. The van der Waals surface area contributed by atoms with Gasteiger partial charge in [0.1, 0.15) is 0 Å². The lowest BCUT2D eigenvalue weighted by Crippen LogP contribution is -2.34. The van der Waals surface area contributed by atoms with E-state index in [0.29, 0.717) is 6.54 Å². The number of rotatable bonds is 6. The summed E-state index contributed by atoms with van der Waals surface area (Å²) in [6.45, 7) is 1.44. The number of carbonyl (C=O) groups is 1. The van der Waals surface area contributed by atoms with Crippen LogP contribution >= 0.6 is 0 Å². The van der Waals surface area contributed by atoms with Crippen molar-refractivity contribution < 1.29 is 15.0 Å². The third kappa shape index (κ3) is 5.47. The van der Waals surface area contributed by atoms with Crippen molar-refractivity contribution in [1.82, 2.24) is 4.90 Å². The van der Waals surface area contributed by atoms with Crippen LogP contribution in [0.15, 0.2) is 0 Å². The molecule has 2 N–H and O–H groups in total. The Hall–Kier alpha value is -0.610. The second-order valence-corrected chi connectivity index (χ2v) is 4.98. The number of hydrogen-bond donors (Lipinski definition) is 2. The van der Waals surface area contributed by atoms with E-state index in [0.717, 1.165) is 12.5 Å². The number of nitrogens with zero attached hydrogens (tertiary/aromatic N) is 1. The van der Waals surface area contributed by atoms with Crippen molar-refractivity contribution in [2.45, 2.75) is 44.6 Å². The van der Waals surface area contributed by atoms with Gasteiger partial charge in [-0.25, -0.2) is 0 Å².